The predicted octanol–water partition coefficient (Wildman–Crippen LogP) is 3.87. The molecule has 0 aliphatic heterocycles. The van der Waals surface area contributed by atoms with Crippen molar-refractivity contribution < 1.29 is 9.47 Å². The lowest BCUT2D eigenvalue weighted by atomic mass is 10.1. The van der Waals surface area contributed by atoms with Gasteiger partial charge in [-0.3, -0.25) is 0 Å². The van der Waals surface area contributed by atoms with Gasteiger partial charge in [-0.1, -0.05) is 15.9 Å². The summed E-state index contributed by atoms with van der Waals surface area (Å²) in [7, 11) is 0. The van der Waals surface area contributed by atoms with Crippen molar-refractivity contribution in [2.24, 2.45) is 0 Å². The third-order valence-electron chi connectivity index (χ3n) is 1.95. The van der Waals surface area contributed by atoms with Crippen LogP contribution in [0.2, 0.25) is 0 Å². The van der Waals surface area contributed by atoms with E-state index in [1.807, 2.05) is 26.0 Å². The van der Waals surface area contributed by atoms with Crippen molar-refractivity contribution in [3.8, 4) is 5.75 Å². The Morgan fingerprint density at radius 3 is 2.73 bits per heavy atom. The first-order valence-electron chi connectivity index (χ1n) is 4.74. The second-order valence-electron chi connectivity index (χ2n) is 3.10. The minimum absolute atomic E-state index is 0.267. The van der Waals surface area contributed by atoms with E-state index >= 15 is 0 Å². The molecular formula is C11H14BrClO2. The molecule has 0 amide bonds. The molecular weight excluding hydrogens is 279 g/mol. The number of rotatable bonds is 5. The summed E-state index contributed by atoms with van der Waals surface area (Å²) in [5.41, 5.74) is 2.03. The first-order valence-corrected chi connectivity index (χ1v) is 6.07. The molecule has 0 aliphatic rings. The van der Waals surface area contributed by atoms with Crippen LogP contribution in [0.25, 0.3) is 0 Å². The molecule has 0 aromatic heterocycles. The molecule has 84 valence electrons. The lowest BCUT2D eigenvalue weighted by Gasteiger charge is -2.13. The fourth-order valence-corrected chi connectivity index (χ4v) is 2.11. The van der Waals surface area contributed by atoms with Crippen LogP contribution in [-0.2, 0) is 10.6 Å². The number of benzene rings is 1. The van der Waals surface area contributed by atoms with E-state index in [2.05, 4.69) is 15.9 Å². The normalized spacial score (nSPS) is 10.4. The van der Waals surface area contributed by atoms with Crippen molar-refractivity contribution in [1.29, 1.82) is 0 Å². The average Bonchev–Trinajstić information content (AvgIpc) is 2.20. The van der Waals surface area contributed by atoms with Crippen molar-refractivity contribution >= 4 is 27.5 Å². The second kappa shape index (κ2) is 6.36. The number of aryl methyl sites for hydroxylation is 1. The van der Waals surface area contributed by atoms with E-state index in [4.69, 9.17) is 21.1 Å². The van der Waals surface area contributed by atoms with Gasteiger partial charge in [0.15, 0.2) is 6.79 Å². The van der Waals surface area contributed by atoms with Gasteiger partial charge in [-0.2, -0.15) is 0 Å². The maximum Gasteiger partial charge on any atom is 0.189 e. The Kier molecular flexibility index (Phi) is 5.43. The predicted molar refractivity (Wildman–Crippen MR) is 65.6 cm³/mol. The van der Waals surface area contributed by atoms with Crippen LogP contribution in [0.3, 0.4) is 0 Å². The molecule has 0 atom stereocenters. The van der Waals surface area contributed by atoms with Crippen LogP contribution in [0.15, 0.2) is 16.6 Å². The van der Waals surface area contributed by atoms with Crippen molar-refractivity contribution in [3.05, 3.63) is 27.7 Å². The van der Waals surface area contributed by atoms with Gasteiger partial charge in [0, 0.05) is 16.6 Å². The standard InChI is InChI=1S/C11H14BrClO2/c1-3-14-7-15-11-8(2)4-10(12)5-9(11)6-13/h4-5H,3,6-7H2,1-2H3. The molecule has 0 spiro atoms. The van der Waals surface area contributed by atoms with Crippen LogP contribution >= 0.6 is 27.5 Å². The topological polar surface area (TPSA) is 18.5 Å². The average molecular weight is 294 g/mol. The highest BCUT2D eigenvalue weighted by molar-refractivity contribution is 9.10. The number of hydrogen-bond donors (Lipinski definition) is 0. The molecule has 0 radical (unpaired) electrons. The Morgan fingerprint density at radius 2 is 2.13 bits per heavy atom. The third kappa shape index (κ3) is 3.67. The number of halogens is 2. The Hall–Kier alpha value is -0.250. The van der Waals surface area contributed by atoms with Crippen molar-refractivity contribution in [1.82, 2.24) is 0 Å². The number of ether oxygens (including phenoxy) is 2. The van der Waals surface area contributed by atoms with Gasteiger partial charge in [-0.05, 0) is 31.5 Å². The van der Waals surface area contributed by atoms with Gasteiger partial charge in [-0.15, -0.1) is 11.6 Å². The first-order chi connectivity index (χ1) is 7.19. The number of hydrogen-bond acceptors (Lipinski definition) is 2. The maximum atomic E-state index is 5.85. The lowest BCUT2D eigenvalue weighted by molar-refractivity contribution is 0.0215. The fourth-order valence-electron chi connectivity index (χ4n) is 1.29. The summed E-state index contributed by atoms with van der Waals surface area (Å²) in [6.45, 7) is 4.83. The van der Waals surface area contributed by atoms with Crippen LogP contribution in [0.1, 0.15) is 18.1 Å². The zero-order valence-electron chi connectivity index (χ0n) is 8.85. The highest BCUT2D eigenvalue weighted by atomic mass is 79.9. The molecule has 0 saturated carbocycles. The smallest absolute Gasteiger partial charge is 0.189 e. The molecule has 0 unspecified atom stereocenters. The molecule has 1 aromatic rings. The van der Waals surface area contributed by atoms with E-state index in [1.165, 1.54) is 0 Å². The van der Waals surface area contributed by atoms with Gasteiger partial charge in [-0.25, -0.2) is 0 Å². The minimum atomic E-state index is 0.267. The summed E-state index contributed by atoms with van der Waals surface area (Å²) < 4.78 is 11.7. The third-order valence-corrected chi connectivity index (χ3v) is 2.70. The molecule has 4 heteroatoms. The molecule has 1 aromatic carbocycles. The van der Waals surface area contributed by atoms with Crippen LogP contribution in [0.4, 0.5) is 0 Å². The molecule has 0 N–H and O–H groups in total. The van der Waals surface area contributed by atoms with Crippen molar-refractivity contribution in [2.75, 3.05) is 13.4 Å². The zero-order valence-corrected chi connectivity index (χ0v) is 11.2. The second-order valence-corrected chi connectivity index (χ2v) is 4.28. The van der Waals surface area contributed by atoms with Crippen molar-refractivity contribution in [2.45, 2.75) is 19.7 Å². The van der Waals surface area contributed by atoms with E-state index in [-0.39, 0.29) is 6.79 Å². The summed E-state index contributed by atoms with van der Waals surface area (Å²) in [5, 5.41) is 0. The minimum Gasteiger partial charge on any atom is -0.467 e. The Balaban J connectivity index is 2.84. The van der Waals surface area contributed by atoms with Crippen LogP contribution in [0, 0.1) is 6.92 Å². The van der Waals surface area contributed by atoms with E-state index in [0.717, 1.165) is 21.3 Å². The quantitative estimate of drug-likeness (QED) is 0.466. The number of alkyl halides is 1. The largest absolute Gasteiger partial charge is 0.467 e. The summed E-state index contributed by atoms with van der Waals surface area (Å²) in [6.07, 6.45) is 0. The molecule has 0 bridgehead atoms. The molecule has 0 saturated heterocycles. The summed E-state index contributed by atoms with van der Waals surface area (Å²) in [5.74, 6) is 1.25. The van der Waals surface area contributed by atoms with Crippen molar-refractivity contribution in [3.63, 3.8) is 0 Å². The van der Waals surface area contributed by atoms with Crippen LogP contribution < -0.4 is 4.74 Å². The highest BCUT2D eigenvalue weighted by Gasteiger charge is 2.08. The zero-order chi connectivity index (χ0) is 11.3. The van der Waals surface area contributed by atoms with Gasteiger partial charge in [0.1, 0.15) is 5.75 Å². The van der Waals surface area contributed by atoms with Gasteiger partial charge >= 0.3 is 0 Å². The molecule has 2 nitrogen and oxygen atoms in total. The maximum absolute atomic E-state index is 5.85. The summed E-state index contributed by atoms with van der Waals surface area (Å²) >= 11 is 9.27. The van der Waals surface area contributed by atoms with Crippen LogP contribution in [0.5, 0.6) is 5.75 Å². The summed E-state index contributed by atoms with van der Waals surface area (Å²) in [6, 6.07) is 3.96. The van der Waals surface area contributed by atoms with Crippen LogP contribution in [-0.4, -0.2) is 13.4 Å². The Labute approximate surface area is 104 Å². The molecule has 15 heavy (non-hydrogen) atoms. The monoisotopic (exact) mass is 292 g/mol. The van der Waals surface area contributed by atoms with Gasteiger partial charge in [0.2, 0.25) is 0 Å². The SMILES string of the molecule is CCOCOc1c(C)cc(Br)cc1CCl. The Morgan fingerprint density at radius 1 is 1.40 bits per heavy atom. The molecule has 0 heterocycles. The lowest BCUT2D eigenvalue weighted by Crippen LogP contribution is -2.05. The van der Waals surface area contributed by atoms with E-state index < -0.39 is 0 Å². The van der Waals surface area contributed by atoms with E-state index in [1.54, 1.807) is 0 Å². The molecule has 1 rings (SSSR count). The molecule has 0 aliphatic carbocycles. The van der Waals surface area contributed by atoms with Gasteiger partial charge < -0.3 is 9.47 Å². The van der Waals surface area contributed by atoms with E-state index in [0.29, 0.717) is 12.5 Å². The molecule has 0 fully saturated rings. The first kappa shape index (κ1) is 12.8. The highest BCUT2D eigenvalue weighted by Crippen LogP contribution is 2.29. The Bertz CT molecular complexity index is 329. The van der Waals surface area contributed by atoms with E-state index in [9.17, 15) is 0 Å². The van der Waals surface area contributed by atoms with Gasteiger partial charge in [0.25, 0.3) is 0 Å². The fraction of sp³-hybridized carbons (Fsp3) is 0.455. The summed E-state index contributed by atoms with van der Waals surface area (Å²) in [4.78, 5) is 0. The van der Waals surface area contributed by atoms with Gasteiger partial charge in [0.05, 0.1) is 5.88 Å².